The third kappa shape index (κ3) is 5.53. The predicted molar refractivity (Wildman–Crippen MR) is 105 cm³/mol. The number of methoxy groups -OCH3 is 1. The number of fused-ring (bicyclic) bond motifs is 1. The minimum Gasteiger partial charge on any atom is -0.481 e. The molecule has 3 rings (SSSR count). The minimum absolute atomic E-state index is 0.0904. The number of aliphatic hydroxyl groups excluding tert-OH is 1. The molecular weight excluding hydrogens is 397 g/mol. The first-order chi connectivity index (χ1) is 14.5. The molecule has 2 aromatic heterocycles. The van der Waals surface area contributed by atoms with E-state index in [0.29, 0.717) is 23.5 Å². The number of hydrogen-bond acceptors (Lipinski definition) is 8. The maximum atomic E-state index is 14.4. The van der Waals surface area contributed by atoms with Gasteiger partial charge in [0, 0.05) is 18.1 Å². The van der Waals surface area contributed by atoms with Gasteiger partial charge in [0.05, 0.1) is 50.2 Å². The number of halogens is 1. The van der Waals surface area contributed by atoms with Crippen LogP contribution in [0.1, 0.15) is 25.3 Å². The molecule has 1 aliphatic rings. The Morgan fingerprint density at radius 1 is 1.40 bits per heavy atom. The Morgan fingerprint density at radius 2 is 2.17 bits per heavy atom. The van der Waals surface area contributed by atoms with Crippen molar-refractivity contribution >= 4 is 17.1 Å². The number of ether oxygens (including phenoxy) is 4. The van der Waals surface area contributed by atoms with Crippen molar-refractivity contribution in [2.45, 2.75) is 44.6 Å². The number of amides is 1. The topological polar surface area (TPSA) is 112 Å². The quantitative estimate of drug-likeness (QED) is 0.620. The number of rotatable bonds is 8. The first kappa shape index (κ1) is 22.1. The number of nitrogens with zero attached hydrogens (tertiary/aromatic N) is 2. The Kier molecular flexibility index (Phi) is 7.72. The van der Waals surface area contributed by atoms with Crippen LogP contribution in [0, 0.1) is 5.82 Å². The summed E-state index contributed by atoms with van der Waals surface area (Å²) in [5.41, 5.74) is 0.979. The second kappa shape index (κ2) is 10.5. The van der Waals surface area contributed by atoms with E-state index in [9.17, 15) is 14.3 Å². The van der Waals surface area contributed by atoms with E-state index < -0.39 is 30.3 Å². The lowest BCUT2D eigenvalue weighted by Gasteiger charge is -2.32. The largest absolute Gasteiger partial charge is 0.481 e. The predicted octanol–water partition coefficient (Wildman–Crippen LogP) is 1.95. The summed E-state index contributed by atoms with van der Waals surface area (Å²) in [5.74, 6) is -0.275. The zero-order valence-corrected chi connectivity index (χ0v) is 17.0. The summed E-state index contributed by atoms with van der Waals surface area (Å²) in [6.45, 7) is 2.62. The maximum absolute atomic E-state index is 14.4. The number of aromatic nitrogens is 2. The van der Waals surface area contributed by atoms with Crippen molar-refractivity contribution in [1.29, 1.82) is 0 Å². The molecule has 9 nitrogen and oxygen atoms in total. The third-order valence-electron chi connectivity index (χ3n) is 4.65. The van der Waals surface area contributed by atoms with Crippen molar-refractivity contribution in [3.8, 4) is 5.88 Å². The van der Waals surface area contributed by atoms with Gasteiger partial charge in [0.15, 0.2) is 6.29 Å². The molecule has 1 aliphatic heterocycles. The van der Waals surface area contributed by atoms with Gasteiger partial charge in [0.1, 0.15) is 11.9 Å². The number of nitrogens with one attached hydrogen (secondary N) is 1. The molecule has 10 heteroatoms. The van der Waals surface area contributed by atoms with Crippen molar-refractivity contribution in [3.63, 3.8) is 0 Å². The molecule has 2 aromatic rings. The van der Waals surface area contributed by atoms with Crippen molar-refractivity contribution in [2.24, 2.45) is 0 Å². The number of carbonyl (C=O) groups excluding carboxylic acids is 1. The molecule has 0 radical (unpaired) electrons. The van der Waals surface area contributed by atoms with E-state index in [1.807, 2.05) is 6.92 Å². The second-order valence-corrected chi connectivity index (χ2v) is 6.94. The Labute approximate surface area is 173 Å². The number of hydrogen-bond donors (Lipinski definition) is 2. The summed E-state index contributed by atoms with van der Waals surface area (Å²) >= 11 is 0. The fraction of sp³-hybridized carbons (Fsp3) is 0.550. The van der Waals surface area contributed by atoms with Gasteiger partial charge in [-0.2, -0.15) is 0 Å². The van der Waals surface area contributed by atoms with Crippen molar-refractivity contribution in [1.82, 2.24) is 15.3 Å². The van der Waals surface area contributed by atoms with Crippen LogP contribution in [0.4, 0.5) is 9.18 Å². The minimum atomic E-state index is -1.14. The van der Waals surface area contributed by atoms with E-state index in [1.54, 1.807) is 12.1 Å². The highest BCUT2D eigenvalue weighted by molar-refractivity contribution is 5.78. The van der Waals surface area contributed by atoms with E-state index in [1.165, 1.54) is 7.11 Å². The van der Waals surface area contributed by atoms with Gasteiger partial charge < -0.3 is 29.4 Å². The van der Waals surface area contributed by atoms with Crippen LogP contribution in [0.15, 0.2) is 18.3 Å². The smallest absolute Gasteiger partial charge is 0.407 e. The Balaban J connectivity index is 1.58. The van der Waals surface area contributed by atoms with E-state index in [0.717, 1.165) is 19.0 Å². The van der Waals surface area contributed by atoms with Crippen LogP contribution in [0.3, 0.4) is 0 Å². The molecule has 0 bridgehead atoms. The summed E-state index contributed by atoms with van der Waals surface area (Å²) in [7, 11) is 1.46. The Hall–Kier alpha value is -2.56. The zero-order chi connectivity index (χ0) is 21.5. The highest BCUT2D eigenvalue weighted by atomic mass is 19.1. The molecule has 1 atom stereocenters. The molecule has 3 heterocycles. The fourth-order valence-electron chi connectivity index (χ4n) is 3.03. The summed E-state index contributed by atoms with van der Waals surface area (Å²) < 4.78 is 35.6. The van der Waals surface area contributed by atoms with Crippen LogP contribution in [-0.4, -0.2) is 66.5 Å². The van der Waals surface area contributed by atoms with E-state index in [2.05, 4.69) is 15.3 Å². The molecule has 0 spiro atoms. The molecule has 0 unspecified atom stereocenters. The Bertz CT molecular complexity index is 860. The molecule has 0 aromatic carbocycles. The monoisotopic (exact) mass is 423 g/mol. The van der Waals surface area contributed by atoms with Gasteiger partial charge in [0.25, 0.3) is 0 Å². The van der Waals surface area contributed by atoms with E-state index in [-0.39, 0.29) is 25.2 Å². The highest BCUT2D eigenvalue weighted by Gasteiger charge is 2.30. The van der Waals surface area contributed by atoms with Crippen LogP contribution in [0.25, 0.3) is 11.0 Å². The lowest BCUT2D eigenvalue weighted by Crippen LogP contribution is -2.50. The summed E-state index contributed by atoms with van der Waals surface area (Å²) in [4.78, 5) is 20.0. The van der Waals surface area contributed by atoms with Crippen molar-refractivity contribution < 1.29 is 33.2 Å². The molecule has 0 saturated carbocycles. The fourth-order valence-corrected chi connectivity index (χ4v) is 3.03. The van der Waals surface area contributed by atoms with Crippen LogP contribution >= 0.6 is 0 Å². The van der Waals surface area contributed by atoms with Crippen LogP contribution in [0.2, 0.25) is 0 Å². The number of unbranched alkanes of at least 4 members (excludes halogenated alkanes) is 1. The van der Waals surface area contributed by atoms with Gasteiger partial charge >= 0.3 is 6.09 Å². The SMILES string of the molecule is CCCCOC(=O)NC1COC([C@@H](O)Cc2c(F)cnc3ccc(OC)nc23)OC1. The molecule has 164 valence electrons. The molecule has 1 saturated heterocycles. The molecule has 0 aliphatic carbocycles. The van der Waals surface area contributed by atoms with Crippen LogP contribution in [-0.2, 0) is 20.6 Å². The van der Waals surface area contributed by atoms with Gasteiger partial charge in [-0.3, -0.25) is 4.98 Å². The number of alkyl carbamates (subject to hydrolysis) is 1. The van der Waals surface area contributed by atoms with Gasteiger partial charge in [-0.05, 0) is 12.5 Å². The van der Waals surface area contributed by atoms with Crippen LogP contribution in [0.5, 0.6) is 5.88 Å². The normalized spacial score (nSPS) is 20.0. The van der Waals surface area contributed by atoms with Crippen molar-refractivity contribution in [3.05, 3.63) is 29.7 Å². The van der Waals surface area contributed by atoms with Crippen molar-refractivity contribution in [2.75, 3.05) is 26.9 Å². The lowest BCUT2D eigenvalue weighted by molar-refractivity contribution is -0.229. The number of aliphatic hydroxyl groups is 1. The van der Waals surface area contributed by atoms with Gasteiger partial charge in [-0.15, -0.1) is 0 Å². The van der Waals surface area contributed by atoms with Gasteiger partial charge in [-0.25, -0.2) is 14.2 Å². The molecular formula is C20H26FN3O6. The zero-order valence-electron chi connectivity index (χ0n) is 17.0. The molecule has 2 N–H and O–H groups in total. The lowest BCUT2D eigenvalue weighted by atomic mass is 10.1. The number of carbonyl (C=O) groups is 1. The average Bonchev–Trinajstić information content (AvgIpc) is 2.76. The standard InChI is InChI=1S/C20H26FN3O6/c1-3-4-7-28-20(26)23-12-10-29-19(30-11-12)16(25)8-13-14(21)9-22-15-5-6-17(27-2)24-18(13)15/h5-6,9,12,16,19,25H,3-4,7-8,10-11H2,1-2H3,(H,23,26)/t12?,16-,19?/m0/s1. The van der Waals surface area contributed by atoms with Gasteiger partial charge in [-0.1, -0.05) is 13.3 Å². The second-order valence-electron chi connectivity index (χ2n) is 6.94. The molecule has 1 fully saturated rings. The molecule has 1 amide bonds. The third-order valence-corrected chi connectivity index (χ3v) is 4.65. The first-order valence-electron chi connectivity index (χ1n) is 9.84. The highest BCUT2D eigenvalue weighted by Crippen LogP contribution is 2.24. The van der Waals surface area contributed by atoms with Crippen LogP contribution < -0.4 is 10.1 Å². The van der Waals surface area contributed by atoms with Gasteiger partial charge in [0.2, 0.25) is 5.88 Å². The average molecular weight is 423 g/mol. The summed E-state index contributed by atoms with van der Waals surface area (Å²) in [6, 6.07) is 2.90. The molecule has 30 heavy (non-hydrogen) atoms. The summed E-state index contributed by atoms with van der Waals surface area (Å²) in [6.07, 6.45) is 0.0734. The van der Waals surface area contributed by atoms with E-state index in [4.69, 9.17) is 18.9 Å². The first-order valence-corrected chi connectivity index (χ1v) is 9.84. The van der Waals surface area contributed by atoms with E-state index >= 15 is 0 Å². The number of pyridine rings is 2. The Morgan fingerprint density at radius 3 is 2.87 bits per heavy atom. The summed E-state index contributed by atoms with van der Waals surface area (Å²) in [5, 5.41) is 13.2. The maximum Gasteiger partial charge on any atom is 0.407 e.